The number of amidine groups is 1. The van der Waals surface area contributed by atoms with E-state index in [4.69, 9.17) is 10.5 Å². The van der Waals surface area contributed by atoms with Crippen molar-refractivity contribution in [3.05, 3.63) is 65.5 Å². The topological polar surface area (TPSA) is 60.0 Å². The van der Waals surface area contributed by atoms with E-state index in [1.807, 2.05) is 30.3 Å². The minimum atomic E-state index is -0.349. The van der Waals surface area contributed by atoms with E-state index in [0.717, 1.165) is 17.7 Å². The summed E-state index contributed by atoms with van der Waals surface area (Å²) < 4.78 is 19.2. The second kappa shape index (κ2) is 10.6. The lowest BCUT2D eigenvalue weighted by atomic mass is 10.1. The van der Waals surface area contributed by atoms with E-state index in [2.05, 4.69) is 24.1 Å². The smallest absolute Gasteiger partial charge is 0.180 e. The second-order valence-corrected chi connectivity index (χ2v) is 7.17. The molecule has 0 aliphatic rings. The molecule has 2 N–H and O–H groups in total. The summed E-state index contributed by atoms with van der Waals surface area (Å²) in [4.78, 5) is 0. The normalized spacial score (nSPS) is 12.1. The minimum Gasteiger partial charge on any atom is -0.493 e. The molecule has 0 heterocycles. The van der Waals surface area contributed by atoms with Crippen molar-refractivity contribution in [3.63, 3.8) is 0 Å². The summed E-state index contributed by atoms with van der Waals surface area (Å²) in [6.07, 6.45) is 2.39. The summed E-state index contributed by atoms with van der Waals surface area (Å²) in [5.41, 5.74) is 7.56. The lowest BCUT2D eigenvalue weighted by molar-refractivity contribution is 0.289. The average molecular weight is 373 g/mol. The number of ether oxygens (including phenoxy) is 1. The number of nitrogens with two attached hydrogens (primary N) is 1. The van der Waals surface area contributed by atoms with Crippen molar-refractivity contribution in [3.8, 4) is 5.75 Å². The van der Waals surface area contributed by atoms with Crippen molar-refractivity contribution in [2.45, 2.75) is 26.0 Å². The summed E-state index contributed by atoms with van der Waals surface area (Å²) in [7, 11) is 0. The molecular formula is C20H24FN3OS. The van der Waals surface area contributed by atoms with Gasteiger partial charge in [0.1, 0.15) is 11.6 Å². The number of thioether (sulfide) groups is 1. The molecule has 0 bridgehead atoms. The standard InChI is InChI=1S/C20H24FN3OS/c1-15(2)10-11-25-19-9-8-18(21)12-17(19)13-23-24-20(22)26-14-16-6-4-3-5-7-16/h3-9,12-13,15H,10-11,14H2,1-2H3,(H2,22,24). The van der Waals surface area contributed by atoms with Gasteiger partial charge < -0.3 is 10.5 Å². The molecule has 0 fully saturated rings. The molecule has 0 atom stereocenters. The highest BCUT2D eigenvalue weighted by Gasteiger charge is 2.04. The molecule has 0 amide bonds. The number of halogens is 1. The Labute approximate surface area is 158 Å². The zero-order valence-electron chi connectivity index (χ0n) is 15.1. The monoisotopic (exact) mass is 373 g/mol. The van der Waals surface area contributed by atoms with Gasteiger partial charge >= 0.3 is 0 Å². The van der Waals surface area contributed by atoms with Crippen LogP contribution in [0.2, 0.25) is 0 Å². The molecule has 2 aromatic carbocycles. The van der Waals surface area contributed by atoms with Gasteiger partial charge in [0, 0.05) is 11.3 Å². The van der Waals surface area contributed by atoms with E-state index in [0.29, 0.717) is 29.0 Å². The summed E-state index contributed by atoms with van der Waals surface area (Å²) in [5, 5.41) is 8.28. The summed E-state index contributed by atoms with van der Waals surface area (Å²) in [5.74, 6) is 1.49. The quantitative estimate of drug-likeness (QED) is 0.409. The Hall–Kier alpha value is -2.34. The van der Waals surface area contributed by atoms with Crippen LogP contribution in [0.5, 0.6) is 5.75 Å². The molecular weight excluding hydrogens is 349 g/mol. The third-order valence-corrected chi connectivity index (χ3v) is 4.36. The van der Waals surface area contributed by atoms with Crippen molar-refractivity contribution >= 4 is 23.1 Å². The van der Waals surface area contributed by atoms with Crippen LogP contribution in [0.25, 0.3) is 0 Å². The van der Waals surface area contributed by atoms with Crippen LogP contribution in [0, 0.1) is 11.7 Å². The molecule has 0 aromatic heterocycles. The third kappa shape index (κ3) is 7.27. The summed E-state index contributed by atoms with van der Waals surface area (Å²) in [6, 6.07) is 14.3. The van der Waals surface area contributed by atoms with Gasteiger partial charge in [0.2, 0.25) is 0 Å². The van der Waals surface area contributed by atoms with Crippen LogP contribution in [0.3, 0.4) is 0 Å². The molecule has 4 nitrogen and oxygen atoms in total. The SMILES string of the molecule is CC(C)CCOc1ccc(F)cc1C=NN=C(N)SCc1ccccc1. The Morgan fingerprint density at radius 1 is 1.23 bits per heavy atom. The van der Waals surface area contributed by atoms with Crippen molar-refractivity contribution in [2.24, 2.45) is 21.9 Å². The van der Waals surface area contributed by atoms with Crippen LogP contribution in [0.4, 0.5) is 4.39 Å². The van der Waals surface area contributed by atoms with Crippen LogP contribution in [-0.4, -0.2) is 18.0 Å². The van der Waals surface area contributed by atoms with Crippen molar-refractivity contribution in [2.75, 3.05) is 6.61 Å². The van der Waals surface area contributed by atoms with E-state index in [-0.39, 0.29) is 5.82 Å². The first kappa shape index (κ1) is 20.0. The molecule has 138 valence electrons. The van der Waals surface area contributed by atoms with Crippen LogP contribution in [0.1, 0.15) is 31.4 Å². The Morgan fingerprint density at radius 2 is 2.00 bits per heavy atom. The van der Waals surface area contributed by atoms with Crippen LogP contribution >= 0.6 is 11.8 Å². The van der Waals surface area contributed by atoms with E-state index < -0.39 is 0 Å². The highest BCUT2D eigenvalue weighted by Crippen LogP contribution is 2.19. The van der Waals surface area contributed by atoms with Gasteiger partial charge in [-0.25, -0.2) is 4.39 Å². The predicted octanol–water partition coefficient (Wildman–Crippen LogP) is 4.83. The predicted molar refractivity (Wildman–Crippen MR) is 108 cm³/mol. The first-order valence-electron chi connectivity index (χ1n) is 8.50. The average Bonchev–Trinajstić information content (AvgIpc) is 2.62. The fourth-order valence-electron chi connectivity index (χ4n) is 2.06. The lowest BCUT2D eigenvalue weighted by Gasteiger charge is -2.10. The van der Waals surface area contributed by atoms with Gasteiger partial charge in [0.05, 0.1) is 12.8 Å². The first-order chi connectivity index (χ1) is 12.5. The molecule has 0 aliphatic carbocycles. The largest absolute Gasteiger partial charge is 0.493 e. The van der Waals surface area contributed by atoms with Crippen molar-refractivity contribution in [1.82, 2.24) is 0 Å². The number of nitrogens with zero attached hydrogens (tertiary/aromatic N) is 2. The van der Waals surface area contributed by atoms with Crippen LogP contribution < -0.4 is 10.5 Å². The minimum absolute atomic E-state index is 0.349. The Bertz CT molecular complexity index is 748. The van der Waals surface area contributed by atoms with Gasteiger partial charge in [-0.05, 0) is 36.1 Å². The maximum Gasteiger partial charge on any atom is 0.180 e. The number of hydrogen-bond donors (Lipinski definition) is 1. The number of benzene rings is 2. The fraction of sp³-hybridized carbons (Fsp3) is 0.300. The Kier molecular flexibility index (Phi) is 8.15. The fourth-order valence-corrected chi connectivity index (χ4v) is 2.68. The summed E-state index contributed by atoms with van der Waals surface area (Å²) >= 11 is 1.40. The van der Waals surface area contributed by atoms with Gasteiger partial charge in [-0.2, -0.15) is 5.10 Å². The Morgan fingerprint density at radius 3 is 2.73 bits per heavy atom. The zero-order chi connectivity index (χ0) is 18.8. The van der Waals surface area contributed by atoms with E-state index in [1.54, 1.807) is 6.07 Å². The zero-order valence-corrected chi connectivity index (χ0v) is 15.9. The molecule has 6 heteroatoms. The van der Waals surface area contributed by atoms with Crippen molar-refractivity contribution < 1.29 is 9.13 Å². The third-order valence-electron chi connectivity index (χ3n) is 3.51. The molecule has 0 aliphatic heterocycles. The van der Waals surface area contributed by atoms with Gasteiger partial charge in [-0.1, -0.05) is 55.9 Å². The van der Waals surface area contributed by atoms with E-state index in [1.165, 1.54) is 30.1 Å². The highest BCUT2D eigenvalue weighted by molar-refractivity contribution is 8.13. The molecule has 0 saturated carbocycles. The van der Waals surface area contributed by atoms with E-state index in [9.17, 15) is 4.39 Å². The van der Waals surface area contributed by atoms with E-state index >= 15 is 0 Å². The molecule has 2 aromatic rings. The summed E-state index contributed by atoms with van der Waals surface area (Å²) in [6.45, 7) is 4.82. The Balaban J connectivity index is 1.96. The molecule has 2 rings (SSSR count). The molecule has 0 spiro atoms. The molecule has 0 radical (unpaired) electrons. The number of hydrogen-bond acceptors (Lipinski definition) is 4. The highest BCUT2D eigenvalue weighted by atomic mass is 32.2. The van der Waals surface area contributed by atoms with Gasteiger partial charge in [-0.3, -0.25) is 0 Å². The molecule has 0 unspecified atom stereocenters. The van der Waals surface area contributed by atoms with Crippen LogP contribution in [0.15, 0.2) is 58.7 Å². The van der Waals surface area contributed by atoms with Crippen LogP contribution in [-0.2, 0) is 5.75 Å². The van der Waals surface area contributed by atoms with Gasteiger partial charge in [-0.15, -0.1) is 5.10 Å². The molecule has 0 saturated heterocycles. The van der Waals surface area contributed by atoms with Crippen molar-refractivity contribution in [1.29, 1.82) is 0 Å². The molecule has 26 heavy (non-hydrogen) atoms. The second-order valence-electron chi connectivity index (χ2n) is 6.17. The van der Waals surface area contributed by atoms with Gasteiger partial charge in [0.15, 0.2) is 5.17 Å². The number of rotatable bonds is 8. The lowest BCUT2D eigenvalue weighted by Crippen LogP contribution is -2.06. The maximum atomic E-state index is 13.5. The van der Waals surface area contributed by atoms with Gasteiger partial charge in [0.25, 0.3) is 0 Å². The first-order valence-corrected chi connectivity index (χ1v) is 9.48. The maximum absolute atomic E-state index is 13.5.